The standard InChI is InChI=1S/C13H21NOS/c1-11-6-7-12(2)13(10-11)16(15)9-5-3-4-8-14/h6-7,10H,3-5,8-9,14H2,1-2H3. The molecule has 0 aliphatic rings. The van der Waals surface area contributed by atoms with Crippen molar-refractivity contribution < 1.29 is 4.21 Å². The Kier molecular flexibility index (Phi) is 5.71. The topological polar surface area (TPSA) is 43.1 Å². The maximum atomic E-state index is 12.1. The molecule has 0 aliphatic heterocycles. The van der Waals surface area contributed by atoms with Crippen molar-refractivity contribution in [3.8, 4) is 0 Å². The average Bonchev–Trinajstić information content (AvgIpc) is 2.27. The molecule has 90 valence electrons. The third-order valence-corrected chi connectivity index (χ3v) is 4.21. The second-order valence-electron chi connectivity index (χ2n) is 4.17. The molecule has 0 spiro atoms. The van der Waals surface area contributed by atoms with E-state index in [9.17, 15) is 4.21 Å². The maximum Gasteiger partial charge on any atom is 0.0532 e. The highest BCUT2D eigenvalue weighted by Crippen LogP contribution is 2.16. The molecule has 0 saturated carbocycles. The van der Waals surface area contributed by atoms with Gasteiger partial charge in [-0.1, -0.05) is 18.6 Å². The van der Waals surface area contributed by atoms with Gasteiger partial charge in [0.1, 0.15) is 0 Å². The summed E-state index contributed by atoms with van der Waals surface area (Å²) in [5.41, 5.74) is 7.73. The van der Waals surface area contributed by atoms with Crippen molar-refractivity contribution in [1.82, 2.24) is 0 Å². The van der Waals surface area contributed by atoms with Gasteiger partial charge < -0.3 is 5.73 Å². The van der Waals surface area contributed by atoms with Gasteiger partial charge >= 0.3 is 0 Å². The van der Waals surface area contributed by atoms with Crippen LogP contribution in [0, 0.1) is 13.8 Å². The third-order valence-electron chi connectivity index (χ3n) is 2.62. The monoisotopic (exact) mass is 239 g/mol. The van der Waals surface area contributed by atoms with E-state index in [0.29, 0.717) is 0 Å². The van der Waals surface area contributed by atoms with Gasteiger partial charge in [-0.2, -0.15) is 0 Å². The summed E-state index contributed by atoms with van der Waals surface area (Å²) in [6.45, 7) is 4.79. The largest absolute Gasteiger partial charge is 0.330 e. The highest BCUT2D eigenvalue weighted by atomic mass is 32.2. The van der Waals surface area contributed by atoms with E-state index in [2.05, 4.69) is 6.07 Å². The highest BCUT2D eigenvalue weighted by molar-refractivity contribution is 7.85. The van der Waals surface area contributed by atoms with Crippen LogP contribution < -0.4 is 5.73 Å². The van der Waals surface area contributed by atoms with E-state index in [0.717, 1.165) is 42.0 Å². The first-order valence-electron chi connectivity index (χ1n) is 5.81. The van der Waals surface area contributed by atoms with E-state index in [-0.39, 0.29) is 0 Å². The average molecular weight is 239 g/mol. The van der Waals surface area contributed by atoms with Crippen molar-refractivity contribution >= 4 is 10.8 Å². The van der Waals surface area contributed by atoms with Crippen LogP contribution in [-0.2, 0) is 10.8 Å². The highest BCUT2D eigenvalue weighted by Gasteiger charge is 2.06. The lowest BCUT2D eigenvalue weighted by Crippen LogP contribution is -2.03. The van der Waals surface area contributed by atoms with Crippen LogP contribution in [0.2, 0.25) is 0 Å². The number of aryl methyl sites for hydroxylation is 2. The van der Waals surface area contributed by atoms with Gasteiger partial charge in [-0.3, -0.25) is 4.21 Å². The fourth-order valence-electron chi connectivity index (χ4n) is 1.62. The number of unbranched alkanes of at least 4 members (excludes halogenated alkanes) is 2. The summed E-state index contributed by atoms with van der Waals surface area (Å²) >= 11 is 0. The van der Waals surface area contributed by atoms with E-state index < -0.39 is 10.8 Å². The van der Waals surface area contributed by atoms with Crippen LogP contribution in [0.15, 0.2) is 23.1 Å². The summed E-state index contributed by atoms with van der Waals surface area (Å²) in [6, 6.07) is 6.14. The first-order valence-corrected chi connectivity index (χ1v) is 7.12. The zero-order valence-corrected chi connectivity index (χ0v) is 11.0. The van der Waals surface area contributed by atoms with Crippen molar-refractivity contribution in [2.45, 2.75) is 38.0 Å². The summed E-state index contributed by atoms with van der Waals surface area (Å²) in [4.78, 5) is 0.993. The number of nitrogens with two attached hydrogens (primary N) is 1. The molecule has 0 aliphatic carbocycles. The molecule has 16 heavy (non-hydrogen) atoms. The Morgan fingerprint density at radius 1 is 1.19 bits per heavy atom. The summed E-state index contributed by atoms with van der Waals surface area (Å²) in [5.74, 6) is 0.754. The lowest BCUT2D eigenvalue weighted by atomic mass is 10.2. The van der Waals surface area contributed by atoms with Gasteiger partial charge in [0.15, 0.2) is 0 Å². The second kappa shape index (κ2) is 6.81. The number of benzene rings is 1. The Hall–Kier alpha value is -0.670. The molecular weight excluding hydrogens is 218 g/mol. The quantitative estimate of drug-likeness (QED) is 0.775. The van der Waals surface area contributed by atoms with Gasteiger partial charge in [0, 0.05) is 10.6 Å². The van der Waals surface area contributed by atoms with Gasteiger partial charge in [0.25, 0.3) is 0 Å². The minimum atomic E-state index is -0.850. The van der Waals surface area contributed by atoms with Gasteiger partial charge in [0.2, 0.25) is 0 Å². The molecular formula is C13H21NOS. The molecule has 1 aromatic carbocycles. The first kappa shape index (κ1) is 13.4. The maximum absolute atomic E-state index is 12.1. The fourth-order valence-corrected chi connectivity index (χ4v) is 3.05. The summed E-state index contributed by atoms with van der Waals surface area (Å²) < 4.78 is 12.1. The van der Waals surface area contributed by atoms with Gasteiger partial charge in [0.05, 0.1) is 10.8 Å². The number of hydrogen-bond donors (Lipinski definition) is 1. The van der Waals surface area contributed by atoms with Crippen molar-refractivity contribution in [1.29, 1.82) is 0 Å². The number of rotatable bonds is 6. The van der Waals surface area contributed by atoms with Crippen molar-refractivity contribution in [2.75, 3.05) is 12.3 Å². The van der Waals surface area contributed by atoms with E-state index >= 15 is 0 Å². The van der Waals surface area contributed by atoms with Crippen molar-refractivity contribution in [2.24, 2.45) is 5.73 Å². The zero-order chi connectivity index (χ0) is 12.0. The lowest BCUT2D eigenvalue weighted by molar-refractivity contribution is 0.672. The van der Waals surface area contributed by atoms with E-state index in [1.54, 1.807) is 0 Å². The number of hydrogen-bond acceptors (Lipinski definition) is 2. The molecule has 2 nitrogen and oxygen atoms in total. The fraction of sp³-hybridized carbons (Fsp3) is 0.538. The molecule has 1 rings (SSSR count). The molecule has 3 heteroatoms. The Morgan fingerprint density at radius 2 is 1.94 bits per heavy atom. The zero-order valence-electron chi connectivity index (χ0n) is 10.2. The van der Waals surface area contributed by atoms with Gasteiger partial charge in [-0.05, 0) is 50.4 Å². The van der Waals surface area contributed by atoms with Gasteiger partial charge in [-0.15, -0.1) is 0 Å². The second-order valence-corrected chi connectivity index (χ2v) is 5.71. The predicted octanol–water partition coefficient (Wildman–Crippen LogP) is 2.54. The minimum Gasteiger partial charge on any atom is -0.330 e. The van der Waals surface area contributed by atoms with E-state index in [1.807, 2.05) is 26.0 Å². The summed E-state index contributed by atoms with van der Waals surface area (Å²) in [5, 5.41) is 0. The molecule has 0 aromatic heterocycles. The first-order chi connectivity index (χ1) is 7.65. The smallest absolute Gasteiger partial charge is 0.0532 e. The van der Waals surface area contributed by atoms with E-state index in [1.165, 1.54) is 5.56 Å². The van der Waals surface area contributed by atoms with Crippen molar-refractivity contribution in [3.63, 3.8) is 0 Å². The van der Waals surface area contributed by atoms with Crippen LogP contribution in [0.3, 0.4) is 0 Å². The summed E-state index contributed by atoms with van der Waals surface area (Å²) in [6.07, 6.45) is 3.11. The molecule has 0 amide bonds. The lowest BCUT2D eigenvalue weighted by Gasteiger charge is -2.06. The third kappa shape index (κ3) is 4.06. The Morgan fingerprint density at radius 3 is 2.62 bits per heavy atom. The molecule has 2 N–H and O–H groups in total. The Balaban J connectivity index is 2.55. The molecule has 1 aromatic rings. The summed E-state index contributed by atoms with van der Waals surface area (Å²) in [7, 11) is -0.850. The molecule has 1 unspecified atom stereocenters. The molecule has 1 atom stereocenters. The molecule has 0 saturated heterocycles. The minimum absolute atomic E-state index is 0.732. The van der Waals surface area contributed by atoms with Crippen molar-refractivity contribution in [3.05, 3.63) is 29.3 Å². The van der Waals surface area contributed by atoms with Crippen LogP contribution >= 0.6 is 0 Å². The predicted molar refractivity (Wildman–Crippen MR) is 70.1 cm³/mol. The van der Waals surface area contributed by atoms with Crippen LogP contribution in [0.25, 0.3) is 0 Å². The van der Waals surface area contributed by atoms with Gasteiger partial charge in [-0.25, -0.2) is 0 Å². The molecule has 0 radical (unpaired) electrons. The molecule has 0 bridgehead atoms. The SMILES string of the molecule is Cc1ccc(C)c(S(=O)CCCCCN)c1. The molecule has 0 heterocycles. The Labute approximate surface area is 101 Å². The molecule has 0 fully saturated rings. The van der Waals surface area contributed by atoms with E-state index in [4.69, 9.17) is 5.73 Å². The Bertz CT molecular complexity index is 363. The van der Waals surface area contributed by atoms with Crippen LogP contribution in [0.4, 0.5) is 0 Å². The normalized spacial score (nSPS) is 12.7. The van der Waals surface area contributed by atoms with Crippen LogP contribution in [0.1, 0.15) is 30.4 Å². The van der Waals surface area contributed by atoms with Crippen LogP contribution in [-0.4, -0.2) is 16.5 Å². The van der Waals surface area contributed by atoms with Crippen LogP contribution in [0.5, 0.6) is 0 Å².